The zero-order valence-corrected chi connectivity index (χ0v) is 22.6. The van der Waals surface area contributed by atoms with Crippen LogP contribution in [-0.4, -0.2) is 45.7 Å². The van der Waals surface area contributed by atoms with Crippen LogP contribution in [0.4, 0.5) is 5.69 Å². The maximum Gasteiger partial charge on any atom is 0.338 e. The van der Waals surface area contributed by atoms with Crippen LogP contribution in [0.1, 0.15) is 55.4 Å². The quantitative estimate of drug-likeness (QED) is 0.330. The molecule has 0 atom stereocenters. The lowest BCUT2D eigenvalue weighted by Crippen LogP contribution is -2.28. The monoisotopic (exact) mass is 520 g/mol. The van der Waals surface area contributed by atoms with Gasteiger partial charge in [0.15, 0.2) is 0 Å². The molecule has 1 fully saturated rings. The van der Waals surface area contributed by atoms with Crippen molar-refractivity contribution in [3.8, 4) is 12.3 Å². The van der Waals surface area contributed by atoms with Gasteiger partial charge >= 0.3 is 5.97 Å². The average Bonchev–Trinajstić information content (AvgIpc) is 3.35. The number of nitrogens with zero attached hydrogens (tertiary/aromatic N) is 4. The summed E-state index contributed by atoms with van der Waals surface area (Å²) in [5.41, 5.74) is 1.99. The van der Waals surface area contributed by atoms with Gasteiger partial charge < -0.3 is 9.64 Å². The molecule has 2 heterocycles. The Bertz CT molecular complexity index is 1390. The zero-order valence-electron chi connectivity index (χ0n) is 21.9. The predicted octanol–water partition coefficient (Wildman–Crippen LogP) is 4.78. The minimum atomic E-state index is -0.570. The van der Waals surface area contributed by atoms with Gasteiger partial charge in [-0.3, -0.25) is 14.3 Å². The van der Waals surface area contributed by atoms with Crippen LogP contribution >= 0.6 is 11.6 Å². The lowest BCUT2D eigenvalue weighted by atomic mass is 10.1. The van der Waals surface area contributed by atoms with Crippen molar-refractivity contribution in [1.29, 1.82) is 0 Å². The maximum absolute atomic E-state index is 13.2. The van der Waals surface area contributed by atoms with Crippen LogP contribution in [0, 0.1) is 12.3 Å². The van der Waals surface area contributed by atoms with Gasteiger partial charge in [-0.2, -0.15) is 0 Å². The van der Waals surface area contributed by atoms with Crippen LogP contribution in [0.5, 0.6) is 0 Å². The van der Waals surface area contributed by atoms with E-state index in [1.165, 1.54) is 12.8 Å². The third-order valence-electron chi connectivity index (χ3n) is 6.41. The van der Waals surface area contributed by atoms with E-state index in [-0.39, 0.29) is 11.5 Å². The Kier molecular flexibility index (Phi) is 7.91. The summed E-state index contributed by atoms with van der Waals surface area (Å²) >= 11 is 6.68. The first-order valence-corrected chi connectivity index (χ1v) is 12.9. The number of esters is 1. The van der Waals surface area contributed by atoms with Crippen molar-refractivity contribution in [1.82, 2.24) is 14.5 Å². The van der Waals surface area contributed by atoms with Gasteiger partial charge in [-0.05, 0) is 88.7 Å². The number of hydrogen-bond acceptors (Lipinski definition) is 6. The van der Waals surface area contributed by atoms with Gasteiger partial charge in [0.25, 0.3) is 5.56 Å². The molecular formula is C29H33ClN4O3. The molecule has 2 aromatic carbocycles. The van der Waals surface area contributed by atoms with Crippen LogP contribution in [0.3, 0.4) is 0 Å². The molecule has 7 nitrogen and oxygen atoms in total. The number of fused-ring (bicyclic) bond motifs is 1. The van der Waals surface area contributed by atoms with Gasteiger partial charge in [0.1, 0.15) is 11.4 Å². The average molecular weight is 521 g/mol. The molecule has 8 heteroatoms. The van der Waals surface area contributed by atoms with Crippen molar-refractivity contribution in [2.24, 2.45) is 7.05 Å². The van der Waals surface area contributed by atoms with E-state index < -0.39 is 5.60 Å². The molecule has 4 rings (SSSR count). The summed E-state index contributed by atoms with van der Waals surface area (Å²) in [6.45, 7) is 8.91. The number of hydrogen-bond donors (Lipinski definition) is 0. The number of carbonyl (C=O) groups is 1. The summed E-state index contributed by atoms with van der Waals surface area (Å²) in [6.07, 6.45) is 8.01. The van der Waals surface area contributed by atoms with Crippen molar-refractivity contribution < 1.29 is 9.53 Å². The molecule has 0 aliphatic carbocycles. The van der Waals surface area contributed by atoms with Crippen molar-refractivity contribution in [3.05, 3.63) is 68.7 Å². The van der Waals surface area contributed by atoms with E-state index in [1.54, 1.807) is 29.8 Å². The minimum absolute atomic E-state index is 0.0951. The fourth-order valence-electron chi connectivity index (χ4n) is 4.49. The van der Waals surface area contributed by atoms with Gasteiger partial charge in [0, 0.05) is 24.3 Å². The van der Waals surface area contributed by atoms with E-state index in [0.29, 0.717) is 41.1 Å². The van der Waals surface area contributed by atoms with Crippen LogP contribution < -0.4 is 10.5 Å². The van der Waals surface area contributed by atoms with Crippen molar-refractivity contribution >= 4 is 34.2 Å². The number of anilines is 1. The van der Waals surface area contributed by atoms with E-state index in [2.05, 4.69) is 10.8 Å². The molecule has 1 saturated heterocycles. The van der Waals surface area contributed by atoms with Crippen molar-refractivity contribution in [2.45, 2.75) is 52.3 Å². The number of rotatable bonds is 7. The molecule has 0 amide bonds. The molecule has 0 unspecified atom stereocenters. The Morgan fingerprint density at radius 2 is 1.86 bits per heavy atom. The van der Waals surface area contributed by atoms with Crippen LogP contribution in [0.15, 0.2) is 41.2 Å². The summed E-state index contributed by atoms with van der Waals surface area (Å²) < 4.78 is 7.08. The Morgan fingerprint density at radius 3 is 2.49 bits per heavy atom. The van der Waals surface area contributed by atoms with Gasteiger partial charge in [-0.1, -0.05) is 17.5 Å². The molecule has 3 aromatic rings. The normalized spacial score (nSPS) is 14.1. The van der Waals surface area contributed by atoms with Crippen molar-refractivity contribution in [3.63, 3.8) is 0 Å². The minimum Gasteiger partial charge on any atom is -0.456 e. The Morgan fingerprint density at radius 1 is 1.19 bits per heavy atom. The predicted molar refractivity (Wildman–Crippen MR) is 148 cm³/mol. The van der Waals surface area contributed by atoms with E-state index >= 15 is 0 Å². The molecule has 1 aliphatic heterocycles. The van der Waals surface area contributed by atoms with E-state index in [4.69, 9.17) is 27.7 Å². The highest BCUT2D eigenvalue weighted by Crippen LogP contribution is 2.26. The molecule has 37 heavy (non-hydrogen) atoms. The summed E-state index contributed by atoms with van der Waals surface area (Å²) in [6, 6.07) is 10.7. The number of terminal acetylenes is 1. The Balaban J connectivity index is 1.60. The first kappa shape index (κ1) is 26.7. The highest BCUT2D eigenvalue weighted by molar-refractivity contribution is 6.32. The van der Waals surface area contributed by atoms with E-state index in [9.17, 15) is 9.59 Å². The number of aromatic nitrogens is 2. The molecule has 194 valence electrons. The second-order valence-electron chi connectivity index (χ2n) is 10.4. The smallest absolute Gasteiger partial charge is 0.338 e. The largest absolute Gasteiger partial charge is 0.456 e. The number of benzene rings is 2. The SMILES string of the molecule is C#CCN(Cc1cc2c(=O)n(C)c(CN3CCCC3)nc2cc1Cl)c1ccc(C(=O)OC(C)(C)C)cc1. The van der Waals surface area contributed by atoms with Gasteiger partial charge in [0.2, 0.25) is 0 Å². The highest BCUT2D eigenvalue weighted by Gasteiger charge is 2.20. The number of halogens is 1. The lowest BCUT2D eigenvalue weighted by molar-refractivity contribution is 0.00695. The van der Waals surface area contributed by atoms with Crippen LogP contribution in [-0.2, 0) is 24.9 Å². The number of ether oxygens (including phenoxy) is 1. The summed E-state index contributed by atoms with van der Waals surface area (Å²) in [5, 5.41) is 1.04. The first-order chi connectivity index (χ1) is 17.6. The second kappa shape index (κ2) is 11.0. The fourth-order valence-corrected chi connectivity index (χ4v) is 4.70. The molecule has 1 aliphatic rings. The van der Waals surface area contributed by atoms with E-state index in [1.807, 2.05) is 43.9 Å². The summed E-state index contributed by atoms with van der Waals surface area (Å²) in [5.74, 6) is 3.04. The third kappa shape index (κ3) is 6.33. The molecule has 0 saturated carbocycles. The molecule has 0 spiro atoms. The molecule has 0 bridgehead atoms. The highest BCUT2D eigenvalue weighted by atomic mass is 35.5. The van der Waals surface area contributed by atoms with E-state index in [0.717, 1.165) is 30.2 Å². The molecule has 0 N–H and O–H groups in total. The second-order valence-corrected chi connectivity index (χ2v) is 10.9. The number of likely N-dealkylation sites (tertiary alicyclic amines) is 1. The van der Waals surface area contributed by atoms with Gasteiger partial charge in [0.05, 0.1) is 29.6 Å². The zero-order chi connectivity index (χ0) is 26.7. The molecule has 0 radical (unpaired) electrons. The van der Waals surface area contributed by atoms with Gasteiger partial charge in [-0.15, -0.1) is 6.42 Å². The van der Waals surface area contributed by atoms with Crippen LogP contribution in [0.25, 0.3) is 10.9 Å². The van der Waals surface area contributed by atoms with Crippen LogP contribution in [0.2, 0.25) is 5.02 Å². The first-order valence-electron chi connectivity index (χ1n) is 12.5. The Labute approximate surface area is 223 Å². The summed E-state index contributed by atoms with van der Waals surface area (Å²) in [4.78, 5) is 34.7. The maximum atomic E-state index is 13.2. The molecular weight excluding hydrogens is 488 g/mol. The van der Waals surface area contributed by atoms with Crippen molar-refractivity contribution in [2.75, 3.05) is 24.5 Å². The fraction of sp³-hybridized carbons (Fsp3) is 0.414. The molecule has 1 aromatic heterocycles. The number of carbonyl (C=O) groups excluding carboxylic acids is 1. The Hall–Kier alpha value is -3.34. The summed E-state index contributed by atoms with van der Waals surface area (Å²) in [7, 11) is 1.77. The van der Waals surface area contributed by atoms with Gasteiger partial charge in [-0.25, -0.2) is 9.78 Å². The topological polar surface area (TPSA) is 67.7 Å². The lowest BCUT2D eigenvalue weighted by Gasteiger charge is -2.24. The third-order valence-corrected chi connectivity index (χ3v) is 6.76. The standard InChI is InChI=1S/C29H33ClN4O3/c1-6-13-34(22-11-9-20(10-12-22)28(36)37-29(2,3)4)18-21-16-23-25(17-24(21)30)31-26(32(5)27(23)35)19-33-14-7-8-15-33/h1,9-12,16-17H,7-8,13-15,18-19H2,2-5H3.